The molecule has 0 atom stereocenters. The minimum absolute atomic E-state index is 0.351. The van der Waals surface area contributed by atoms with Crippen LogP contribution in [-0.2, 0) is 4.74 Å². The zero-order valence-electron chi connectivity index (χ0n) is 9.82. The number of hydrogen-bond donors (Lipinski definition) is 1. The zero-order chi connectivity index (χ0) is 12.1. The predicted molar refractivity (Wildman–Crippen MR) is 65.3 cm³/mol. The lowest BCUT2D eigenvalue weighted by atomic mass is 10.4. The number of nitrogens with one attached hydrogen (secondary N) is 1. The largest absolute Gasteiger partial charge is 0.379 e. The molecule has 0 aliphatic carbocycles. The molecule has 0 aromatic carbocycles. The number of morpholine rings is 1. The van der Waals surface area contributed by atoms with Gasteiger partial charge in [0, 0.05) is 26.2 Å². The SMILES string of the molecule is Cc1nc(NCCN2CCOCC2)nnc1Cl. The first-order chi connectivity index (χ1) is 8.25. The van der Waals surface area contributed by atoms with Crippen LogP contribution in [0.2, 0.25) is 5.15 Å². The summed E-state index contributed by atoms with van der Waals surface area (Å²) in [6.45, 7) is 7.17. The van der Waals surface area contributed by atoms with Crippen molar-refractivity contribution < 1.29 is 4.74 Å². The maximum absolute atomic E-state index is 5.75. The zero-order valence-corrected chi connectivity index (χ0v) is 10.6. The molecule has 1 aliphatic rings. The second kappa shape index (κ2) is 6.09. The van der Waals surface area contributed by atoms with Crippen molar-refractivity contribution in [1.82, 2.24) is 20.1 Å². The van der Waals surface area contributed by atoms with Crippen LogP contribution in [0.1, 0.15) is 5.69 Å². The molecular weight excluding hydrogens is 242 g/mol. The minimum atomic E-state index is 0.351. The lowest BCUT2D eigenvalue weighted by molar-refractivity contribution is 0.0398. The summed E-state index contributed by atoms with van der Waals surface area (Å²) >= 11 is 5.75. The summed E-state index contributed by atoms with van der Waals surface area (Å²) in [7, 11) is 0. The van der Waals surface area contributed by atoms with E-state index < -0.39 is 0 Å². The second-order valence-electron chi connectivity index (χ2n) is 3.89. The van der Waals surface area contributed by atoms with Crippen molar-refractivity contribution in [3.05, 3.63) is 10.8 Å². The van der Waals surface area contributed by atoms with Crippen molar-refractivity contribution >= 4 is 17.5 Å². The number of ether oxygens (including phenoxy) is 1. The second-order valence-corrected chi connectivity index (χ2v) is 4.25. The normalized spacial score (nSPS) is 17.1. The molecule has 0 bridgehead atoms. The number of aromatic nitrogens is 3. The molecule has 1 fully saturated rings. The van der Waals surface area contributed by atoms with Gasteiger partial charge in [-0.15, -0.1) is 10.2 Å². The Labute approximate surface area is 105 Å². The van der Waals surface area contributed by atoms with E-state index in [1.807, 2.05) is 6.92 Å². The van der Waals surface area contributed by atoms with Gasteiger partial charge in [-0.3, -0.25) is 4.90 Å². The summed E-state index contributed by atoms with van der Waals surface area (Å²) in [5.41, 5.74) is 0.690. The molecule has 1 aromatic heterocycles. The molecule has 0 saturated carbocycles. The number of rotatable bonds is 4. The van der Waals surface area contributed by atoms with Crippen LogP contribution in [0.5, 0.6) is 0 Å². The van der Waals surface area contributed by atoms with Crippen LogP contribution in [0.3, 0.4) is 0 Å². The van der Waals surface area contributed by atoms with E-state index in [0.29, 0.717) is 16.8 Å². The lowest BCUT2D eigenvalue weighted by Gasteiger charge is -2.26. The quantitative estimate of drug-likeness (QED) is 0.851. The first-order valence-corrected chi connectivity index (χ1v) is 6.04. The highest BCUT2D eigenvalue weighted by Crippen LogP contribution is 2.08. The van der Waals surface area contributed by atoms with Crippen LogP contribution in [-0.4, -0.2) is 59.5 Å². The van der Waals surface area contributed by atoms with Gasteiger partial charge in [-0.25, -0.2) is 4.98 Å². The Morgan fingerprint density at radius 1 is 1.35 bits per heavy atom. The van der Waals surface area contributed by atoms with E-state index in [4.69, 9.17) is 16.3 Å². The van der Waals surface area contributed by atoms with E-state index in [2.05, 4.69) is 25.4 Å². The van der Waals surface area contributed by atoms with Gasteiger partial charge in [0.25, 0.3) is 0 Å². The third kappa shape index (κ3) is 3.76. The molecule has 0 spiro atoms. The van der Waals surface area contributed by atoms with Crippen LogP contribution in [0.15, 0.2) is 0 Å². The molecule has 7 heteroatoms. The first kappa shape index (κ1) is 12.5. The third-order valence-electron chi connectivity index (χ3n) is 2.62. The van der Waals surface area contributed by atoms with Gasteiger partial charge in [0.05, 0.1) is 18.9 Å². The van der Waals surface area contributed by atoms with Gasteiger partial charge < -0.3 is 10.1 Å². The number of hydrogen-bond acceptors (Lipinski definition) is 6. The highest BCUT2D eigenvalue weighted by molar-refractivity contribution is 6.29. The van der Waals surface area contributed by atoms with Gasteiger partial charge in [-0.05, 0) is 6.92 Å². The Bertz CT molecular complexity index is 370. The number of aryl methyl sites for hydroxylation is 1. The molecule has 2 heterocycles. The smallest absolute Gasteiger partial charge is 0.243 e. The monoisotopic (exact) mass is 257 g/mol. The Morgan fingerprint density at radius 2 is 2.12 bits per heavy atom. The molecule has 94 valence electrons. The number of halogens is 1. The Hall–Kier alpha value is -0.980. The summed E-state index contributed by atoms with van der Waals surface area (Å²) in [5.74, 6) is 0.528. The molecular formula is C10H16ClN5O. The van der Waals surface area contributed by atoms with Crippen LogP contribution in [0, 0.1) is 6.92 Å². The maximum Gasteiger partial charge on any atom is 0.243 e. The minimum Gasteiger partial charge on any atom is -0.379 e. The predicted octanol–water partition coefficient (Wildman–Crippen LogP) is 0.578. The fourth-order valence-corrected chi connectivity index (χ4v) is 1.70. The molecule has 2 rings (SSSR count). The van der Waals surface area contributed by atoms with E-state index >= 15 is 0 Å². The van der Waals surface area contributed by atoms with E-state index in [1.54, 1.807) is 0 Å². The van der Waals surface area contributed by atoms with Gasteiger partial charge in [-0.2, -0.15) is 0 Å². The fraction of sp³-hybridized carbons (Fsp3) is 0.700. The fourth-order valence-electron chi connectivity index (χ4n) is 1.62. The van der Waals surface area contributed by atoms with Gasteiger partial charge in [0.1, 0.15) is 0 Å². The number of nitrogens with zero attached hydrogens (tertiary/aromatic N) is 4. The Morgan fingerprint density at radius 3 is 2.82 bits per heavy atom. The number of anilines is 1. The van der Waals surface area contributed by atoms with Crippen LogP contribution in [0.4, 0.5) is 5.95 Å². The van der Waals surface area contributed by atoms with Gasteiger partial charge in [-0.1, -0.05) is 11.6 Å². The molecule has 1 N–H and O–H groups in total. The van der Waals surface area contributed by atoms with E-state index in [1.165, 1.54) is 0 Å². The summed E-state index contributed by atoms with van der Waals surface area (Å²) in [5, 5.41) is 11.2. The summed E-state index contributed by atoms with van der Waals surface area (Å²) in [6.07, 6.45) is 0. The van der Waals surface area contributed by atoms with Crippen molar-refractivity contribution in [1.29, 1.82) is 0 Å². The highest BCUT2D eigenvalue weighted by atomic mass is 35.5. The van der Waals surface area contributed by atoms with Crippen molar-refractivity contribution in [2.45, 2.75) is 6.92 Å². The molecule has 0 amide bonds. The molecule has 0 unspecified atom stereocenters. The average Bonchev–Trinajstić information content (AvgIpc) is 2.35. The van der Waals surface area contributed by atoms with Crippen molar-refractivity contribution in [2.24, 2.45) is 0 Å². The highest BCUT2D eigenvalue weighted by Gasteiger charge is 2.09. The molecule has 6 nitrogen and oxygen atoms in total. The molecule has 1 saturated heterocycles. The third-order valence-corrected chi connectivity index (χ3v) is 2.97. The van der Waals surface area contributed by atoms with Gasteiger partial charge in [0.15, 0.2) is 5.15 Å². The summed E-state index contributed by atoms with van der Waals surface area (Å²) in [4.78, 5) is 6.54. The van der Waals surface area contributed by atoms with Gasteiger partial charge in [0.2, 0.25) is 5.95 Å². The molecule has 17 heavy (non-hydrogen) atoms. The maximum atomic E-state index is 5.75. The van der Waals surface area contributed by atoms with Gasteiger partial charge >= 0.3 is 0 Å². The molecule has 0 radical (unpaired) electrons. The molecule has 1 aromatic rings. The van der Waals surface area contributed by atoms with E-state index in [-0.39, 0.29) is 0 Å². The Kier molecular flexibility index (Phi) is 4.47. The average molecular weight is 258 g/mol. The first-order valence-electron chi connectivity index (χ1n) is 5.66. The Balaban J connectivity index is 1.75. The van der Waals surface area contributed by atoms with Crippen molar-refractivity contribution in [3.63, 3.8) is 0 Å². The van der Waals surface area contributed by atoms with Crippen LogP contribution in [0.25, 0.3) is 0 Å². The summed E-state index contributed by atoms with van der Waals surface area (Å²) in [6, 6.07) is 0. The summed E-state index contributed by atoms with van der Waals surface area (Å²) < 4.78 is 5.28. The molecule has 1 aliphatic heterocycles. The topological polar surface area (TPSA) is 63.2 Å². The van der Waals surface area contributed by atoms with E-state index in [0.717, 1.165) is 39.4 Å². The van der Waals surface area contributed by atoms with E-state index in [9.17, 15) is 0 Å². The van der Waals surface area contributed by atoms with Crippen molar-refractivity contribution in [2.75, 3.05) is 44.7 Å². The van der Waals surface area contributed by atoms with Crippen LogP contribution < -0.4 is 5.32 Å². The standard InChI is InChI=1S/C10H16ClN5O/c1-8-9(11)14-15-10(13-8)12-2-3-16-4-6-17-7-5-16/h2-7H2,1H3,(H,12,13,15). The van der Waals surface area contributed by atoms with Crippen LogP contribution >= 0.6 is 11.6 Å². The van der Waals surface area contributed by atoms with Crippen molar-refractivity contribution in [3.8, 4) is 0 Å². The lowest BCUT2D eigenvalue weighted by Crippen LogP contribution is -2.39.